The first-order valence-electron chi connectivity index (χ1n) is 3.78. The average molecular weight is 165 g/mol. The van der Waals surface area contributed by atoms with Crippen molar-refractivity contribution >= 4 is 12.6 Å². The minimum atomic E-state index is 0.179. The van der Waals surface area contributed by atoms with Crippen molar-refractivity contribution in [3.05, 3.63) is 29.8 Å². The van der Waals surface area contributed by atoms with Gasteiger partial charge in [0.1, 0.15) is 0 Å². The monoisotopic (exact) mass is 165 g/mol. The van der Waals surface area contributed by atoms with Gasteiger partial charge in [0.25, 0.3) is 0 Å². The fourth-order valence-corrected chi connectivity index (χ4v) is 1.54. The summed E-state index contributed by atoms with van der Waals surface area (Å²) in [5.74, 6) is 0. The molecular formula is C10H13S-. The molecule has 0 bridgehead atoms. The third-order valence-corrected chi connectivity index (χ3v) is 2.05. The van der Waals surface area contributed by atoms with Gasteiger partial charge in [0.15, 0.2) is 0 Å². The Bertz CT molecular complexity index is 245. The lowest BCUT2D eigenvalue weighted by molar-refractivity contribution is 0.578. The van der Waals surface area contributed by atoms with Gasteiger partial charge in [-0.2, -0.15) is 4.90 Å². The average Bonchev–Trinajstić information content (AvgIpc) is 1.86. The summed E-state index contributed by atoms with van der Waals surface area (Å²) in [6.45, 7) is 6.54. The number of benzene rings is 1. The molecule has 11 heavy (non-hydrogen) atoms. The Morgan fingerprint density at radius 2 is 1.64 bits per heavy atom. The highest BCUT2D eigenvalue weighted by Crippen LogP contribution is 2.24. The summed E-state index contributed by atoms with van der Waals surface area (Å²) < 4.78 is 0. The van der Waals surface area contributed by atoms with Crippen LogP contribution in [0.2, 0.25) is 0 Å². The van der Waals surface area contributed by atoms with Gasteiger partial charge in [0.2, 0.25) is 0 Å². The maximum Gasteiger partial charge on any atom is -0.0147 e. The van der Waals surface area contributed by atoms with E-state index < -0.39 is 0 Å². The molecule has 0 amide bonds. The molecule has 1 rings (SSSR count). The molecule has 0 aliphatic heterocycles. The molecular weight excluding hydrogens is 152 g/mol. The Morgan fingerprint density at radius 3 is 2.00 bits per heavy atom. The summed E-state index contributed by atoms with van der Waals surface area (Å²) in [5, 5.41) is 0. The SMILES string of the molecule is CC(C)(C)c1ccccc1[S-]. The topological polar surface area (TPSA) is 0 Å². The quantitative estimate of drug-likeness (QED) is 0.533. The van der Waals surface area contributed by atoms with Crippen molar-refractivity contribution in [3.63, 3.8) is 0 Å². The standard InChI is InChI=1S/C10H14S/c1-10(2,3)8-6-4-5-7-9(8)11/h4-7,11H,1-3H3/p-1. The molecule has 0 saturated carbocycles. The Morgan fingerprint density at radius 1 is 1.09 bits per heavy atom. The molecule has 0 spiro atoms. The number of hydrogen-bond acceptors (Lipinski definition) is 1. The summed E-state index contributed by atoms with van der Waals surface area (Å²) in [6, 6.07) is 8.10. The molecule has 60 valence electrons. The van der Waals surface area contributed by atoms with Gasteiger partial charge in [-0.25, -0.2) is 0 Å². The van der Waals surface area contributed by atoms with Crippen LogP contribution >= 0.6 is 0 Å². The molecule has 1 aromatic rings. The highest BCUT2D eigenvalue weighted by molar-refractivity contribution is 7.58. The number of hydrogen-bond donors (Lipinski definition) is 0. The smallest absolute Gasteiger partial charge is 0.0147 e. The van der Waals surface area contributed by atoms with Crippen molar-refractivity contribution in [1.29, 1.82) is 0 Å². The molecule has 0 aromatic heterocycles. The van der Waals surface area contributed by atoms with Crippen LogP contribution in [0.25, 0.3) is 0 Å². The van der Waals surface area contributed by atoms with Crippen molar-refractivity contribution in [3.8, 4) is 0 Å². The lowest BCUT2D eigenvalue weighted by atomic mass is 9.87. The summed E-state index contributed by atoms with van der Waals surface area (Å²) in [4.78, 5) is 0.972. The zero-order valence-corrected chi connectivity index (χ0v) is 8.03. The van der Waals surface area contributed by atoms with E-state index in [-0.39, 0.29) is 5.41 Å². The highest BCUT2D eigenvalue weighted by atomic mass is 32.1. The van der Waals surface area contributed by atoms with E-state index in [1.165, 1.54) is 5.56 Å². The normalized spacial score (nSPS) is 11.5. The van der Waals surface area contributed by atoms with Crippen molar-refractivity contribution < 1.29 is 0 Å². The highest BCUT2D eigenvalue weighted by Gasteiger charge is 2.12. The van der Waals surface area contributed by atoms with Gasteiger partial charge in [0, 0.05) is 0 Å². The minimum absolute atomic E-state index is 0.179. The summed E-state index contributed by atoms with van der Waals surface area (Å²) in [6.07, 6.45) is 0. The van der Waals surface area contributed by atoms with E-state index in [1.54, 1.807) is 0 Å². The zero-order valence-electron chi connectivity index (χ0n) is 7.22. The van der Waals surface area contributed by atoms with Gasteiger partial charge in [-0.1, -0.05) is 50.6 Å². The van der Waals surface area contributed by atoms with E-state index in [4.69, 9.17) is 12.6 Å². The predicted octanol–water partition coefficient (Wildman–Crippen LogP) is 2.89. The third-order valence-electron chi connectivity index (χ3n) is 1.70. The van der Waals surface area contributed by atoms with E-state index in [0.717, 1.165) is 4.90 Å². The van der Waals surface area contributed by atoms with E-state index in [1.807, 2.05) is 18.2 Å². The first-order valence-corrected chi connectivity index (χ1v) is 4.19. The molecule has 0 saturated heterocycles. The predicted molar refractivity (Wildman–Crippen MR) is 50.8 cm³/mol. The molecule has 1 aromatic carbocycles. The van der Waals surface area contributed by atoms with Crippen LogP contribution in [0.4, 0.5) is 0 Å². The fraction of sp³-hybridized carbons (Fsp3) is 0.400. The van der Waals surface area contributed by atoms with Crippen LogP contribution in [-0.2, 0) is 18.0 Å². The second-order valence-corrected chi connectivity index (χ2v) is 4.19. The Kier molecular flexibility index (Phi) is 2.19. The van der Waals surface area contributed by atoms with Gasteiger partial charge in [-0.3, -0.25) is 0 Å². The van der Waals surface area contributed by atoms with Gasteiger partial charge in [0.05, 0.1) is 0 Å². The lowest BCUT2D eigenvalue weighted by Crippen LogP contribution is -2.12. The van der Waals surface area contributed by atoms with Crippen LogP contribution in [-0.4, -0.2) is 0 Å². The van der Waals surface area contributed by atoms with Gasteiger partial charge in [-0.15, -0.1) is 0 Å². The molecule has 0 radical (unpaired) electrons. The first kappa shape index (κ1) is 8.54. The summed E-state index contributed by atoms with van der Waals surface area (Å²) in [5.41, 5.74) is 1.44. The third kappa shape index (κ3) is 1.93. The van der Waals surface area contributed by atoms with Gasteiger partial charge in [-0.05, 0) is 5.41 Å². The summed E-state index contributed by atoms with van der Waals surface area (Å²) in [7, 11) is 0. The molecule has 0 aliphatic carbocycles. The van der Waals surface area contributed by atoms with E-state index in [0.29, 0.717) is 0 Å². The first-order chi connectivity index (χ1) is 5.02. The van der Waals surface area contributed by atoms with Gasteiger partial charge >= 0.3 is 0 Å². The van der Waals surface area contributed by atoms with E-state index in [2.05, 4.69) is 26.8 Å². The maximum atomic E-state index is 5.20. The van der Waals surface area contributed by atoms with Crippen LogP contribution in [0.1, 0.15) is 26.3 Å². The Hall–Kier alpha value is -0.560. The molecule has 0 nitrogen and oxygen atoms in total. The molecule has 1 heteroatoms. The second kappa shape index (κ2) is 2.82. The second-order valence-electron chi connectivity index (χ2n) is 3.75. The molecule has 0 aliphatic rings. The van der Waals surface area contributed by atoms with Crippen molar-refractivity contribution in [2.24, 2.45) is 0 Å². The van der Waals surface area contributed by atoms with E-state index in [9.17, 15) is 0 Å². The van der Waals surface area contributed by atoms with Gasteiger partial charge < -0.3 is 12.6 Å². The summed E-state index contributed by atoms with van der Waals surface area (Å²) >= 11 is 5.20. The van der Waals surface area contributed by atoms with Crippen LogP contribution in [0, 0.1) is 0 Å². The Labute approximate surface area is 74.0 Å². The fourth-order valence-electron chi connectivity index (χ4n) is 1.09. The van der Waals surface area contributed by atoms with Crippen molar-refractivity contribution in [2.75, 3.05) is 0 Å². The van der Waals surface area contributed by atoms with Crippen LogP contribution in [0.15, 0.2) is 29.2 Å². The maximum absolute atomic E-state index is 5.20. The molecule has 0 atom stereocenters. The zero-order chi connectivity index (χ0) is 8.48. The van der Waals surface area contributed by atoms with Crippen molar-refractivity contribution in [2.45, 2.75) is 31.1 Å². The largest absolute Gasteiger partial charge is 0.779 e. The van der Waals surface area contributed by atoms with Crippen LogP contribution in [0.3, 0.4) is 0 Å². The van der Waals surface area contributed by atoms with E-state index >= 15 is 0 Å². The molecule has 0 N–H and O–H groups in total. The minimum Gasteiger partial charge on any atom is -0.779 e. The number of rotatable bonds is 0. The molecule has 0 fully saturated rings. The molecule has 0 heterocycles. The lowest BCUT2D eigenvalue weighted by Gasteiger charge is -2.25. The van der Waals surface area contributed by atoms with Crippen LogP contribution in [0.5, 0.6) is 0 Å². The van der Waals surface area contributed by atoms with Crippen molar-refractivity contribution in [1.82, 2.24) is 0 Å². The Balaban J connectivity index is 3.14. The molecule has 0 unspecified atom stereocenters. The van der Waals surface area contributed by atoms with Crippen LogP contribution < -0.4 is 0 Å².